The third-order valence-electron chi connectivity index (χ3n) is 4.29. The normalized spacial score (nSPS) is 11.8. The van der Waals surface area contributed by atoms with Gasteiger partial charge in [0.1, 0.15) is 11.9 Å². The number of nitrogens with one attached hydrogen (secondary N) is 1. The summed E-state index contributed by atoms with van der Waals surface area (Å²) in [4.78, 5) is 12.8. The predicted octanol–water partition coefficient (Wildman–Crippen LogP) is 5.16. The average molecular weight is 452 g/mol. The number of aromatic nitrogens is 2. The first-order chi connectivity index (χ1) is 14.1. The van der Waals surface area contributed by atoms with Gasteiger partial charge in [0.25, 0.3) is 5.91 Å². The smallest absolute Gasteiger partial charge is 0.252 e. The standard InChI is InChI=1S/C22H15BrFN3O2/c23-17-10-6-15(7-11-17)20(28)25-19(14-8-12-18(24)13-9-14)22-27-26-21(29-22)16-4-2-1-3-5-16/h1-13,19H,(H,25,28)/t19-/m1/s1. The van der Waals surface area contributed by atoms with E-state index in [4.69, 9.17) is 4.42 Å². The van der Waals surface area contributed by atoms with E-state index in [0.29, 0.717) is 17.0 Å². The Morgan fingerprint density at radius 1 is 0.931 bits per heavy atom. The largest absolute Gasteiger partial charge is 0.418 e. The van der Waals surface area contributed by atoms with E-state index in [1.165, 1.54) is 12.1 Å². The summed E-state index contributed by atoms with van der Waals surface area (Å²) >= 11 is 3.35. The van der Waals surface area contributed by atoms with Crippen LogP contribution < -0.4 is 5.32 Å². The van der Waals surface area contributed by atoms with E-state index in [1.54, 1.807) is 36.4 Å². The average Bonchev–Trinajstić information content (AvgIpc) is 3.24. The molecule has 1 amide bonds. The number of hydrogen-bond donors (Lipinski definition) is 1. The fourth-order valence-corrected chi connectivity index (χ4v) is 3.07. The Morgan fingerprint density at radius 2 is 1.62 bits per heavy atom. The van der Waals surface area contributed by atoms with Crippen molar-refractivity contribution in [3.8, 4) is 11.5 Å². The van der Waals surface area contributed by atoms with E-state index in [1.807, 2.05) is 30.3 Å². The summed E-state index contributed by atoms with van der Waals surface area (Å²) in [6.07, 6.45) is 0. The molecule has 1 N–H and O–H groups in total. The molecule has 0 aliphatic heterocycles. The van der Waals surface area contributed by atoms with Crippen LogP contribution in [0.15, 0.2) is 87.8 Å². The van der Waals surface area contributed by atoms with Crippen molar-refractivity contribution in [3.63, 3.8) is 0 Å². The van der Waals surface area contributed by atoms with Crippen LogP contribution in [0.2, 0.25) is 0 Å². The van der Waals surface area contributed by atoms with Gasteiger partial charge in [-0.3, -0.25) is 4.79 Å². The van der Waals surface area contributed by atoms with Crippen molar-refractivity contribution in [2.24, 2.45) is 0 Å². The SMILES string of the molecule is O=C(N[C@H](c1ccc(F)cc1)c1nnc(-c2ccccc2)o1)c1ccc(Br)cc1. The molecule has 4 rings (SSSR count). The third-order valence-corrected chi connectivity index (χ3v) is 4.82. The summed E-state index contributed by atoms with van der Waals surface area (Å²) in [6.45, 7) is 0. The first kappa shape index (κ1) is 19.0. The predicted molar refractivity (Wildman–Crippen MR) is 110 cm³/mol. The lowest BCUT2D eigenvalue weighted by Crippen LogP contribution is -2.29. The Labute approximate surface area is 174 Å². The molecule has 0 saturated carbocycles. The quantitative estimate of drug-likeness (QED) is 0.455. The van der Waals surface area contributed by atoms with Gasteiger partial charge in [0, 0.05) is 15.6 Å². The second kappa shape index (κ2) is 8.36. The van der Waals surface area contributed by atoms with Crippen molar-refractivity contribution in [1.82, 2.24) is 15.5 Å². The molecule has 0 aliphatic carbocycles. The first-order valence-electron chi connectivity index (χ1n) is 8.81. The molecule has 1 heterocycles. The lowest BCUT2D eigenvalue weighted by atomic mass is 10.1. The highest BCUT2D eigenvalue weighted by Crippen LogP contribution is 2.26. The van der Waals surface area contributed by atoms with Crippen molar-refractivity contribution in [3.05, 3.63) is 106 Å². The molecule has 1 aromatic heterocycles. The van der Waals surface area contributed by atoms with Crippen LogP contribution in [0.3, 0.4) is 0 Å². The molecule has 7 heteroatoms. The summed E-state index contributed by atoms with van der Waals surface area (Å²) in [7, 11) is 0. The molecule has 0 spiro atoms. The van der Waals surface area contributed by atoms with Crippen LogP contribution in [0.4, 0.5) is 4.39 Å². The number of hydrogen-bond acceptors (Lipinski definition) is 4. The zero-order valence-corrected chi connectivity index (χ0v) is 16.6. The minimum Gasteiger partial charge on any atom is -0.418 e. The fourth-order valence-electron chi connectivity index (χ4n) is 2.81. The number of halogens is 2. The Balaban J connectivity index is 1.67. The van der Waals surface area contributed by atoms with Gasteiger partial charge in [-0.25, -0.2) is 4.39 Å². The summed E-state index contributed by atoms with van der Waals surface area (Å²) in [6, 6.07) is 21.4. The lowest BCUT2D eigenvalue weighted by molar-refractivity contribution is 0.0938. The van der Waals surface area contributed by atoms with Crippen LogP contribution in [0, 0.1) is 5.82 Å². The van der Waals surface area contributed by atoms with Gasteiger partial charge in [-0.15, -0.1) is 10.2 Å². The van der Waals surface area contributed by atoms with Crippen LogP contribution in [-0.4, -0.2) is 16.1 Å². The molecule has 0 saturated heterocycles. The van der Waals surface area contributed by atoms with E-state index in [-0.39, 0.29) is 17.6 Å². The Bertz CT molecular complexity index is 1110. The number of carbonyl (C=O) groups is 1. The molecular formula is C22H15BrFN3O2. The molecule has 29 heavy (non-hydrogen) atoms. The summed E-state index contributed by atoms with van der Waals surface area (Å²) < 4.78 is 20.1. The van der Waals surface area contributed by atoms with Gasteiger partial charge in [-0.2, -0.15) is 0 Å². The molecule has 3 aromatic carbocycles. The van der Waals surface area contributed by atoms with Crippen molar-refractivity contribution >= 4 is 21.8 Å². The van der Waals surface area contributed by atoms with Gasteiger partial charge in [0.05, 0.1) is 0 Å². The second-order valence-corrected chi connectivity index (χ2v) is 7.19. The van der Waals surface area contributed by atoms with Crippen LogP contribution in [-0.2, 0) is 0 Å². The number of carbonyl (C=O) groups excluding carboxylic acids is 1. The number of rotatable bonds is 5. The van der Waals surface area contributed by atoms with Gasteiger partial charge >= 0.3 is 0 Å². The summed E-state index contributed by atoms with van der Waals surface area (Å²) in [5.74, 6) is -0.139. The fraction of sp³-hybridized carbons (Fsp3) is 0.0455. The number of amides is 1. The second-order valence-electron chi connectivity index (χ2n) is 6.28. The van der Waals surface area contributed by atoms with Crippen molar-refractivity contribution in [2.75, 3.05) is 0 Å². The highest BCUT2D eigenvalue weighted by Gasteiger charge is 2.24. The third kappa shape index (κ3) is 4.41. The van der Waals surface area contributed by atoms with E-state index in [9.17, 15) is 9.18 Å². The Kier molecular flexibility index (Phi) is 5.48. The highest BCUT2D eigenvalue weighted by molar-refractivity contribution is 9.10. The van der Waals surface area contributed by atoms with Crippen molar-refractivity contribution in [2.45, 2.75) is 6.04 Å². The lowest BCUT2D eigenvalue weighted by Gasteiger charge is -2.16. The van der Waals surface area contributed by atoms with Gasteiger partial charge in [0.2, 0.25) is 11.8 Å². The van der Waals surface area contributed by atoms with Crippen LogP contribution in [0.25, 0.3) is 11.5 Å². The van der Waals surface area contributed by atoms with Crippen LogP contribution >= 0.6 is 15.9 Å². The van der Waals surface area contributed by atoms with E-state index in [0.717, 1.165) is 10.0 Å². The molecular weight excluding hydrogens is 437 g/mol. The molecule has 0 fully saturated rings. The summed E-state index contributed by atoms with van der Waals surface area (Å²) in [5.41, 5.74) is 1.87. The Morgan fingerprint density at radius 3 is 2.31 bits per heavy atom. The topological polar surface area (TPSA) is 68.0 Å². The minimum atomic E-state index is -0.725. The molecule has 0 bridgehead atoms. The highest BCUT2D eigenvalue weighted by atomic mass is 79.9. The van der Waals surface area contributed by atoms with Gasteiger partial charge < -0.3 is 9.73 Å². The van der Waals surface area contributed by atoms with E-state index < -0.39 is 6.04 Å². The van der Waals surface area contributed by atoms with Gasteiger partial charge in [-0.05, 0) is 54.1 Å². The molecule has 0 unspecified atom stereocenters. The minimum absolute atomic E-state index is 0.209. The molecule has 144 valence electrons. The monoisotopic (exact) mass is 451 g/mol. The molecule has 5 nitrogen and oxygen atoms in total. The maximum atomic E-state index is 13.4. The number of nitrogens with zero attached hydrogens (tertiary/aromatic N) is 2. The maximum absolute atomic E-state index is 13.4. The maximum Gasteiger partial charge on any atom is 0.252 e. The van der Waals surface area contributed by atoms with Crippen LogP contribution in [0.5, 0.6) is 0 Å². The molecule has 0 aliphatic rings. The summed E-state index contributed by atoms with van der Waals surface area (Å²) in [5, 5.41) is 11.1. The van der Waals surface area contributed by atoms with Gasteiger partial charge in [0.15, 0.2) is 0 Å². The first-order valence-corrected chi connectivity index (χ1v) is 9.60. The number of benzene rings is 3. The van der Waals surface area contributed by atoms with Crippen molar-refractivity contribution < 1.29 is 13.6 Å². The van der Waals surface area contributed by atoms with Crippen LogP contribution in [0.1, 0.15) is 27.9 Å². The van der Waals surface area contributed by atoms with E-state index in [2.05, 4.69) is 31.4 Å². The van der Waals surface area contributed by atoms with Crippen molar-refractivity contribution in [1.29, 1.82) is 0 Å². The van der Waals surface area contributed by atoms with E-state index >= 15 is 0 Å². The zero-order chi connectivity index (χ0) is 20.2. The molecule has 1 atom stereocenters. The van der Waals surface area contributed by atoms with Gasteiger partial charge in [-0.1, -0.05) is 46.3 Å². The molecule has 0 radical (unpaired) electrons. The zero-order valence-electron chi connectivity index (χ0n) is 15.0. The molecule has 4 aromatic rings. The Hall–Kier alpha value is -3.32.